The van der Waals surface area contributed by atoms with Gasteiger partial charge in [-0.3, -0.25) is 9.78 Å². The fourth-order valence-corrected chi connectivity index (χ4v) is 4.07. The number of aromatic amines is 1. The molecule has 0 aliphatic rings. The Bertz CT molecular complexity index is 1150. The van der Waals surface area contributed by atoms with Crippen LogP contribution in [-0.2, 0) is 17.8 Å². The van der Waals surface area contributed by atoms with Crippen LogP contribution in [0.4, 0.5) is 0 Å². The molecule has 0 aliphatic carbocycles. The Morgan fingerprint density at radius 1 is 1.10 bits per heavy atom. The number of aryl methyl sites for hydroxylation is 2. The van der Waals surface area contributed by atoms with Gasteiger partial charge < -0.3 is 10.3 Å². The monoisotopic (exact) mass is 397 g/mol. The van der Waals surface area contributed by atoms with E-state index in [9.17, 15) is 4.79 Å². The predicted octanol–water partition coefficient (Wildman–Crippen LogP) is 5.27. The SMILES string of the molecule is CCc1cccc2c(C(CC(=O)NCc3ccncc3)c3cccc(C)c3)c[nH]c12. The Labute approximate surface area is 177 Å². The summed E-state index contributed by atoms with van der Waals surface area (Å²) >= 11 is 0. The first kappa shape index (κ1) is 19.9. The maximum absolute atomic E-state index is 12.9. The van der Waals surface area contributed by atoms with Crippen LogP contribution in [0.25, 0.3) is 10.9 Å². The maximum atomic E-state index is 12.9. The van der Waals surface area contributed by atoms with Crippen LogP contribution in [0.3, 0.4) is 0 Å². The highest BCUT2D eigenvalue weighted by Crippen LogP contribution is 2.35. The molecule has 4 rings (SSSR count). The minimum Gasteiger partial charge on any atom is -0.361 e. The predicted molar refractivity (Wildman–Crippen MR) is 121 cm³/mol. The molecule has 4 aromatic rings. The molecule has 2 aromatic carbocycles. The Balaban J connectivity index is 1.65. The summed E-state index contributed by atoms with van der Waals surface area (Å²) in [7, 11) is 0. The number of nitrogens with one attached hydrogen (secondary N) is 2. The molecule has 0 fully saturated rings. The maximum Gasteiger partial charge on any atom is 0.221 e. The zero-order chi connectivity index (χ0) is 20.9. The number of fused-ring (bicyclic) bond motifs is 1. The first-order valence-corrected chi connectivity index (χ1v) is 10.5. The molecule has 0 spiro atoms. The average Bonchev–Trinajstić information content (AvgIpc) is 3.21. The van der Waals surface area contributed by atoms with Gasteiger partial charge in [0, 0.05) is 48.4 Å². The lowest BCUT2D eigenvalue weighted by atomic mass is 9.87. The molecule has 0 bridgehead atoms. The molecule has 4 nitrogen and oxygen atoms in total. The van der Waals surface area contributed by atoms with Gasteiger partial charge in [-0.2, -0.15) is 0 Å². The fraction of sp³-hybridized carbons (Fsp3) is 0.231. The van der Waals surface area contributed by atoms with Gasteiger partial charge in [-0.1, -0.05) is 55.0 Å². The Hall–Kier alpha value is -3.40. The molecule has 0 saturated heterocycles. The third kappa shape index (κ3) is 4.28. The third-order valence-electron chi connectivity index (χ3n) is 5.66. The van der Waals surface area contributed by atoms with Crippen LogP contribution in [0, 0.1) is 6.92 Å². The van der Waals surface area contributed by atoms with Gasteiger partial charge >= 0.3 is 0 Å². The number of carbonyl (C=O) groups is 1. The van der Waals surface area contributed by atoms with Crippen molar-refractivity contribution in [3.8, 4) is 0 Å². The van der Waals surface area contributed by atoms with E-state index >= 15 is 0 Å². The number of para-hydroxylation sites is 1. The van der Waals surface area contributed by atoms with E-state index in [1.54, 1.807) is 12.4 Å². The summed E-state index contributed by atoms with van der Waals surface area (Å²) in [4.78, 5) is 20.4. The Morgan fingerprint density at radius 2 is 1.90 bits per heavy atom. The lowest BCUT2D eigenvalue weighted by molar-refractivity contribution is -0.121. The first-order chi connectivity index (χ1) is 14.7. The van der Waals surface area contributed by atoms with E-state index in [0.717, 1.165) is 17.5 Å². The molecule has 2 heterocycles. The highest BCUT2D eigenvalue weighted by Gasteiger charge is 2.22. The summed E-state index contributed by atoms with van der Waals surface area (Å²) in [6, 6.07) is 18.7. The van der Waals surface area contributed by atoms with Gasteiger partial charge in [0.05, 0.1) is 0 Å². The number of rotatable bonds is 7. The normalized spacial score (nSPS) is 12.1. The van der Waals surface area contributed by atoms with Gasteiger partial charge in [-0.25, -0.2) is 0 Å². The van der Waals surface area contributed by atoms with Gasteiger partial charge in [0.25, 0.3) is 0 Å². The number of aromatic nitrogens is 2. The summed E-state index contributed by atoms with van der Waals surface area (Å²) in [5, 5.41) is 4.27. The summed E-state index contributed by atoms with van der Waals surface area (Å²) in [6.45, 7) is 4.77. The van der Waals surface area contributed by atoms with Gasteiger partial charge in [0.1, 0.15) is 0 Å². The highest BCUT2D eigenvalue weighted by molar-refractivity contribution is 5.88. The molecule has 0 radical (unpaired) electrons. The van der Waals surface area contributed by atoms with E-state index in [4.69, 9.17) is 0 Å². The van der Waals surface area contributed by atoms with E-state index in [0.29, 0.717) is 13.0 Å². The molecular weight excluding hydrogens is 370 g/mol. The number of hydrogen-bond donors (Lipinski definition) is 2. The minimum absolute atomic E-state index is 0.0109. The Morgan fingerprint density at radius 3 is 2.67 bits per heavy atom. The van der Waals surface area contributed by atoms with Gasteiger partial charge in [-0.15, -0.1) is 0 Å². The number of benzene rings is 2. The van der Waals surface area contributed by atoms with Crippen molar-refractivity contribution in [2.24, 2.45) is 0 Å². The van der Waals surface area contributed by atoms with E-state index in [-0.39, 0.29) is 11.8 Å². The highest BCUT2D eigenvalue weighted by atomic mass is 16.1. The van der Waals surface area contributed by atoms with Crippen molar-refractivity contribution in [2.75, 3.05) is 0 Å². The van der Waals surface area contributed by atoms with E-state index in [2.05, 4.69) is 77.8 Å². The Kier molecular flexibility index (Phi) is 5.94. The zero-order valence-electron chi connectivity index (χ0n) is 17.5. The largest absolute Gasteiger partial charge is 0.361 e. The van der Waals surface area contributed by atoms with Gasteiger partial charge in [0.15, 0.2) is 0 Å². The zero-order valence-corrected chi connectivity index (χ0v) is 17.5. The molecule has 2 N–H and O–H groups in total. The van der Waals surface area contributed by atoms with E-state index in [1.165, 1.54) is 27.6 Å². The van der Waals surface area contributed by atoms with Gasteiger partial charge in [-0.05, 0) is 47.7 Å². The third-order valence-corrected chi connectivity index (χ3v) is 5.66. The van der Waals surface area contributed by atoms with Crippen molar-refractivity contribution < 1.29 is 4.79 Å². The van der Waals surface area contributed by atoms with Crippen LogP contribution in [0.2, 0.25) is 0 Å². The van der Waals surface area contributed by atoms with Crippen molar-refractivity contribution in [3.63, 3.8) is 0 Å². The molecule has 30 heavy (non-hydrogen) atoms. The van der Waals surface area contributed by atoms with E-state index in [1.807, 2.05) is 12.1 Å². The molecule has 0 aliphatic heterocycles. The van der Waals surface area contributed by atoms with Crippen molar-refractivity contribution >= 4 is 16.8 Å². The topological polar surface area (TPSA) is 57.8 Å². The number of H-pyrrole nitrogens is 1. The summed E-state index contributed by atoms with van der Waals surface area (Å²) < 4.78 is 0. The second kappa shape index (κ2) is 8.95. The number of hydrogen-bond acceptors (Lipinski definition) is 2. The van der Waals surface area contributed by atoms with Crippen LogP contribution >= 0.6 is 0 Å². The van der Waals surface area contributed by atoms with Crippen LogP contribution < -0.4 is 5.32 Å². The van der Waals surface area contributed by atoms with Crippen molar-refractivity contribution in [3.05, 3.63) is 101 Å². The summed E-state index contributed by atoms with van der Waals surface area (Å²) in [6.07, 6.45) is 6.94. The second-order valence-electron chi connectivity index (χ2n) is 7.74. The quantitative estimate of drug-likeness (QED) is 0.446. The summed E-state index contributed by atoms with van der Waals surface area (Å²) in [5.41, 5.74) is 7.05. The van der Waals surface area contributed by atoms with Crippen LogP contribution in [0.5, 0.6) is 0 Å². The fourth-order valence-electron chi connectivity index (χ4n) is 4.07. The second-order valence-corrected chi connectivity index (χ2v) is 7.74. The number of pyridine rings is 1. The number of carbonyl (C=O) groups excluding carboxylic acids is 1. The number of nitrogens with zero attached hydrogens (tertiary/aromatic N) is 1. The van der Waals surface area contributed by atoms with E-state index < -0.39 is 0 Å². The molecule has 1 unspecified atom stereocenters. The average molecular weight is 398 g/mol. The molecule has 1 atom stereocenters. The smallest absolute Gasteiger partial charge is 0.221 e. The van der Waals surface area contributed by atoms with Crippen LogP contribution in [0.15, 0.2) is 73.2 Å². The van der Waals surface area contributed by atoms with Crippen molar-refractivity contribution in [1.82, 2.24) is 15.3 Å². The molecule has 0 saturated carbocycles. The van der Waals surface area contributed by atoms with Crippen LogP contribution in [-0.4, -0.2) is 15.9 Å². The van der Waals surface area contributed by atoms with Gasteiger partial charge in [0.2, 0.25) is 5.91 Å². The lowest BCUT2D eigenvalue weighted by Gasteiger charge is -2.18. The number of amides is 1. The lowest BCUT2D eigenvalue weighted by Crippen LogP contribution is -2.25. The van der Waals surface area contributed by atoms with Crippen molar-refractivity contribution in [2.45, 2.75) is 39.2 Å². The molecule has 2 aromatic heterocycles. The molecule has 1 amide bonds. The van der Waals surface area contributed by atoms with Crippen LogP contribution in [0.1, 0.15) is 47.1 Å². The minimum atomic E-state index is -0.0109. The molecule has 152 valence electrons. The molecule has 4 heteroatoms. The summed E-state index contributed by atoms with van der Waals surface area (Å²) in [5.74, 6) is 0.0301. The first-order valence-electron chi connectivity index (χ1n) is 10.5. The van der Waals surface area contributed by atoms with Crippen molar-refractivity contribution in [1.29, 1.82) is 0 Å². The standard InChI is InChI=1S/C26H27N3O/c1-3-20-7-5-9-22-24(17-29-26(20)22)23(21-8-4-6-18(2)14-21)15-25(30)28-16-19-10-12-27-13-11-19/h4-14,17,23,29H,3,15-16H2,1-2H3,(H,28,30). The molecular formula is C26H27N3O.